The highest BCUT2D eigenvalue weighted by atomic mass is 35.5. The number of carbonyl (C=O) groups excluding carboxylic acids is 1. The predicted octanol–water partition coefficient (Wildman–Crippen LogP) is 5.72. The SMILES string of the molecule is CN(C)CCOC(=O)COc1ccc(Cl)cc1.COc1c(-c2ccccc2)oc2c(OC)cccc2c1=O.Cl. The molecule has 0 unspecified atom stereocenters. The lowest BCUT2D eigenvalue weighted by atomic mass is 10.1. The first-order valence-electron chi connectivity index (χ1n) is 11.8. The van der Waals surface area contributed by atoms with Gasteiger partial charge in [-0.25, -0.2) is 4.79 Å². The van der Waals surface area contributed by atoms with Crippen LogP contribution in [0, 0.1) is 0 Å². The molecule has 208 valence electrons. The lowest BCUT2D eigenvalue weighted by molar-refractivity contribution is -0.146. The molecule has 10 heteroatoms. The highest BCUT2D eigenvalue weighted by Crippen LogP contribution is 2.33. The summed E-state index contributed by atoms with van der Waals surface area (Å²) < 4.78 is 26.7. The number of nitrogens with zero attached hydrogens (tertiary/aromatic N) is 1. The van der Waals surface area contributed by atoms with E-state index in [0.29, 0.717) is 46.4 Å². The van der Waals surface area contributed by atoms with Gasteiger partial charge in [-0.05, 0) is 50.5 Å². The summed E-state index contributed by atoms with van der Waals surface area (Å²) in [4.78, 5) is 25.8. The molecule has 0 atom stereocenters. The molecule has 4 aromatic rings. The Kier molecular flexibility index (Phi) is 12.6. The molecular formula is C29H31Cl2NO7. The van der Waals surface area contributed by atoms with Crippen LogP contribution in [0.4, 0.5) is 0 Å². The Morgan fingerprint density at radius 1 is 0.923 bits per heavy atom. The number of para-hydroxylation sites is 1. The highest BCUT2D eigenvalue weighted by Gasteiger charge is 2.18. The third kappa shape index (κ3) is 8.92. The number of carbonyl (C=O) groups is 1. The number of ether oxygens (including phenoxy) is 4. The van der Waals surface area contributed by atoms with Gasteiger partial charge in [-0.1, -0.05) is 48.0 Å². The minimum atomic E-state index is -0.373. The number of rotatable bonds is 9. The molecule has 8 nitrogen and oxygen atoms in total. The van der Waals surface area contributed by atoms with Gasteiger partial charge in [0.2, 0.25) is 11.2 Å². The van der Waals surface area contributed by atoms with Crippen molar-refractivity contribution in [2.75, 3.05) is 48.1 Å². The molecule has 0 aliphatic rings. The van der Waals surface area contributed by atoms with Crippen molar-refractivity contribution in [2.24, 2.45) is 0 Å². The Labute approximate surface area is 238 Å². The van der Waals surface area contributed by atoms with Gasteiger partial charge >= 0.3 is 5.97 Å². The van der Waals surface area contributed by atoms with Gasteiger partial charge in [0.25, 0.3) is 0 Å². The fourth-order valence-corrected chi connectivity index (χ4v) is 3.48. The summed E-state index contributed by atoms with van der Waals surface area (Å²) in [6, 6.07) is 21.4. The molecule has 1 heterocycles. The minimum absolute atomic E-state index is 0. The van der Waals surface area contributed by atoms with E-state index in [1.54, 1.807) is 49.6 Å². The van der Waals surface area contributed by atoms with Gasteiger partial charge in [-0.2, -0.15) is 0 Å². The van der Waals surface area contributed by atoms with Crippen LogP contribution < -0.4 is 19.6 Å². The minimum Gasteiger partial charge on any atom is -0.493 e. The van der Waals surface area contributed by atoms with Crippen molar-refractivity contribution in [1.29, 1.82) is 0 Å². The Hall–Kier alpha value is -3.72. The average molecular weight is 576 g/mol. The second kappa shape index (κ2) is 15.6. The Morgan fingerprint density at radius 2 is 1.62 bits per heavy atom. The van der Waals surface area contributed by atoms with Gasteiger partial charge in [0.15, 0.2) is 23.7 Å². The third-order valence-electron chi connectivity index (χ3n) is 5.27. The van der Waals surface area contributed by atoms with Crippen molar-refractivity contribution in [3.8, 4) is 28.6 Å². The number of methoxy groups -OCH3 is 2. The normalized spacial score (nSPS) is 10.2. The smallest absolute Gasteiger partial charge is 0.344 e. The quantitative estimate of drug-likeness (QED) is 0.234. The average Bonchev–Trinajstić information content (AvgIpc) is 2.93. The molecule has 0 aliphatic carbocycles. The topological polar surface area (TPSA) is 87.4 Å². The van der Waals surface area contributed by atoms with Gasteiger partial charge < -0.3 is 28.3 Å². The van der Waals surface area contributed by atoms with Gasteiger partial charge in [-0.15, -0.1) is 12.4 Å². The summed E-state index contributed by atoms with van der Waals surface area (Å²) >= 11 is 5.72. The molecule has 3 aromatic carbocycles. The van der Waals surface area contributed by atoms with Crippen LogP contribution in [0.15, 0.2) is 82.0 Å². The van der Waals surface area contributed by atoms with Crippen molar-refractivity contribution in [2.45, 2.75) is 0 Å². The van der Waals surface area contributed by atoms with Crippen LogP contribution in [0.1, 0.15) is 0 Å². The Balaban J connectivity index is 0.000000273. The third-order valence-corrected chi connectivity index (χ3v) is 5.52. The summed E-state index contributed by atoms with van der Waals surface area (Å²) in [5.74, 6) is 1.34. The molecule has 0 aliphatic heterocycles. The highest BCUT2D eigenvalue weighted by molar-refractivity contribution is 6.30. The van der Waals surface area contributed by atoms with E-state index < -0.39 is 0 Å². The maximum atomic E-state index is 12.6. The number of fused-ring (bicyclic) bond motifs is 1. The molecular weight excluding hydrogens is 545 g/mol. The van der Waals surface area contributed by atoms with E-state index in [0.717, 1.165) is 5.56 Å². The zero-order valence-corrected chi connectivity index (χ0v) is 23.7. The predicted molar refractivity (Wildman–Crippen MR) is 155 cm³/mol. The number of hydrogen-bond acceptors (Lipinski definition) is 8. The largest absolute Gasteiger partial charge is 0.493 e. The first kappa shape index (κ1) is 31.5. The molecule has 0 amide bonds. The molecule has 0 bridgehead atoms. The lowest BCUT2D eigenvalue weighted by Crippen LogP contribution is -2.22. The van der Waals surface area contributed by atoms with E-state index in [4.69, 9.17) is 35.0 Å². The molecule has 0 fully saturated rings. The maximum Gasteiger partial charge on any atom is 0.344 e. The van der Waals surface area contributed by atoms with Gasteiger partial charge in [-0.3, -0.25) is 4.79 Å². The second-order valence-corrected chi connectivity index (χ2v) is 8.70. The molecule has 39 heavy (non-hydrogen) atoms. The number of hydrogen-bond donors (Lipinski definition) is 0. The summed E-state index contributed by atoms with van der Waals surface area (Å²) in [5, 5.41) is 1.07. The standard InChI is InChI=1S/C17H14O4.C12H16ClNO3.ClH/c1-19-13-10-6-9-12-14(18)17(20-2)15(21-16(12)13)11-7-4-3-5-8-11;1-14(2)7-8-16-12(15)9-17-11-5-3-10(13)4-6-11;/h3-10H,1-2H3;3-6H,7-9H2,1-2H3;1H. The summed E-state index contributed by atoms with van der Waals surface area (Å²) in [7, 11) is 6.84. The zero-order valence-electron chi connectivity index (χ0n) is 22.1. The van der Waals surface area contributed by atoms with Gasteiger partial charge in [0, 0.05) is 17.1 Å². The molecule has 0 N–H and O–H groups in total. The number of likely N-dealkylation sites (N-methyl/N-ethyl adjacent to an activating group) is 1. The van der Waals surface area contributed by atoms with Crippen LogP contribution in [0.5, 0.6) is 17.2 Å². The molecule has 4 rings (SSSR count). The van der Waals surface area contributed by atoms with Crippen LogP contribution in [-0.4, -0.2) is 58.9 Å². The van der Waals surface area contributed by atoms with Crippen LogP contribution in [0.3, 0.4) is 0 Å². The van der Waals surface area contributed by atoms with Crippen molar-refractivity contribution in [1.82, 2.24) is 4.90 Å². The van der Waals surface area contributed by atoms with E-state index in [1.807, 2.05) is 49.3 Å². The maximum absolute atomic E-state index is 12.6. The first-order chi connectivity index (χ1) is 18.3. The van der Waals surface area contributed by atoms with Crippen LogP contribution in [-0.2, 0) is 9.53 Å². The number of benzene rings is 3. The van der Waals surface area contributed by atoms with Crippen molar-refractivity contribution in [3.05, 3.63) is 88.0 Å². The first-order valence-corrected chi connectivity index (χ1v) is 12.1. The molecule has 0 saturated heterocycles. The van der Waals surface area contributed by atoms with Crippen LogP contribution >= 0.6 is 24.0 Å². The lowest BCUT2D eigenvalue weighted by Gasteiger charge is -2.10. The van der Waals surface area contributed by atoms with Gasteiger partial charge in [0.1, 0.15) is 12.4 Å². The van der Waals surface area contributed by atoms with Crippen LogP contribution in [0.2, 0.25) is 5.02 Å². The van der Waals surface area contributed by atoms with E-state index >= 15 is 0 Å². The molecule has 0 radical (unpaired) electrons. The van der Waals surface area contributed by atoms with E-state index in [1.165, 1.54) is 7.11 Å². The number of esters is 1. The van der Waals surface area contributed by atoms with Crippen LogP contribution in [0.25, 0.3) is 22.3 Å². The van der Waals surface area contributed by atoms with Crippen molar-refractivity contribution in [3.63, 3.8) is 0 Å². The fourth-order valence-electron chi connectivity index (χ4n) is 3.36. The zero-order chi connectivity index (χ0) is 27.5. The fraction of sp³-hybridized carbons (Fsp3) is 0.241. The summed E-state index contributed by atoms with van der Waals surface area (Å²) in [6.45, 7) is 0.984. The molecule has 0 spiro atoms. The van der Waals surface area contributed by atoms with E-state index in [2.05, 4.69) is 0 Å². The Morgan fingerprint density at radius 3 is 2.23 bits per heavy atom. The number of halogens is 2. The van der Waals surface area contributed by atoms with Crippen molar-refractivity contribution >= 4 is 40.9 Å². The van der Waals surface area contributed by atoms with Gasteiger partial charge in [0.05, 0.1) is 19.6 Å². The van der Waals surface area contributed by atoms with E-state index in [9.17, 15) is 9.59 Å². The summed E-state index contributed by atoms with van der Waals surface area (Å²) in [5.41, 5.74) is 0.986. The van der Waals surface area contributed by atoms with Crippen molar-refractivity contribution < 1.29 is 28.2 Å². The second-order valence-electron chi connectivity index (χ2n) is 8.26. The molecule has 0 saturated carbocycles. The molecule has 1 aromatic heterocycles. The summed E-state index contributed by atoms with van der Waals surface area (Å²) in [6.07, 6.45) is 0. The van der Waals surface area contributed by atoms with E-state index in [-0.39, 0.29) is 36.2 Å². The Bertz CT molecular complexity index is 1390. The monoisotopic (exact) mass is 575 g/mol.